The van der Waals surface area contributed by atoms with Gasteiger partial charge in [0.25, 0.3) is 0 Å². The van der Waals surface area contributed by atoms with E-state index in [1.54, 1.807) is 11.8 Å². The van der Waals surface area contributed by atoms with E-state index in [1.165, 1.54) is 76.0 Å². The maximum absolute atomic E-state index is 16.0. The van der Waals surface area contributed by atoms with Crippen LogP contribution in [0.1, 0.15) is 220 Å². The molecule has 108 heavy (non-hydrogen) atoms. The summed E-state index contributed by atoms with van der Waals surface area (Å²) >= 11 is 6.45. The Morgan fingerprint density at radius 2 is 1.14 bits per heavy atom. The average molecular weight is 1550 g/mol. The number of rotatable bonds is 13. The zero-order chi connectivity index (χ0) is 79.8. The van der Waals surface area contributed by atoms with Crippen molar-refractivity contribution in [2.45, 2.75) is 292 Å². The van der Waals surface area contributed by atoms with Crippen molar-refractivity contribution in [1.29, 1.82) is 0 Å². The molecule has 25 nitrogen and oxygen atoms in total. The van der Waals surface area contributed by atoms with Crippen molar-refractivity contribution in [3.05, 3.63) is 0 Å². The number of aliphatic hydroxyl groups is 1. The van der Waals surface area contributed by atoms with Gasteiger partial charge in [0, 0.05) is 74.8 Å². The molecular formula is C78H127ClF4N12O13. The predicted molar refractivity (Wildman–Crippen MR) is 399 cm³/mol. The maximum Gasteiger partial charge on any atom is 0.393 e. The van der Waals surface area contributed by atoms with Gasteiger partial charge in [0.05, 0.1) is 38.1 Å². The van der Waals surface area contributed by atoms with Gasteiger partial charge in [-0.05, 0) is 151 Å². The molecule has 2 saturated heterocycles. The highest BCUT2D eigenvalue weighted by Crippen LogP contribution is 2.44. The van der Waals surface area contributed by atoms with E-state index in [0.717, 1.165) is 64.5 Å². The second-order valence-electron chi connectivity index (χ2n) is 33.5. The van der Waals surface area contributed by atoms with Crippen LogP contribution in [0, 0.1) is 41.4 Å². The van der Waals surface area contributed by atoms with Gasteiger partial charge in [-0.25, -0.2) is 4.39 Å². The van der Waals surface area contributed by atoms with Gasteiger partial charge < -0.3 is 65.2 Å². The van der Waals surface area contributed by atoms with Gasteiger partial charge in [-0.3, -0.25) is 57.5 Å². The molecule has 6 unspecified atom stereocenters. The summed E-state index contributed by atoms with van der Waals surface area (Å²) in [5.74, 6) is -12.2. The van der Waals surface area contributed by atoms with Gasteiger partial charge in [-0.15, -0.1) is 11.6 Å². The Hall–Kier alpha value is -6.39. The summed E-state index contributed by atoms with van der Waals surface area (Å²) in [6, 6.07) is -9.27. The van der Waals surface area contributed by atoms with Gasteiger partial charge in [0.1, 0.15) is 54.0 Å². The Balaban J connectivity index is 1.33. The van der Waals surface area contributed by atoms with E-state index in [0.29, 0.717) is 70.9 Å². The molecule has 0 aromatic rings. The molecule has 0 bridgehead atoms. The summed E-state index contributed by atoms with van der Waals surface area (Å²) in [5.41, 5.74) is -1.71. The van der Waals surface area contributed by atoms with Gasteiger partial charge in [-0.1, -0.05) is 98.3 Å². The zero-order valence-corrected chi connectivity index (χ0v) is 67.1. The van der Waals surface area contributed by atoms with Crippen LogP contribution >= 0.6 is 11.6 Å². The molecule has 0 radical (unpaired) electrons. The van der Waals surface area contributed by atoms with Crippen LogP contribution in [-0.2, 0) is 57.5 Å². The van der Waals surface area contributed by atoms with E-state index in [-0.39, 0.29) is 95.3 Å². The van der Waals surface area contributed by atoms with Crippen molar-refractivity contribution < 1.29 is 80.2 Å². The van der Waals surface area contributed by atoms with Crippen LogP contribution in [0.5, 0.6) is 0 Å². The third-order valence-corrected chi connectivity index (χ3v) is 25.6. The number of nitrogens with zero attached hydrogens (tertiary/aromatic N) is 9. The van der Waals surface area contributed by atoms with Gasteiger partial charge in [0.15, 0.2) is 0 Å². The normalized spacial score (nSPS) is 31.2. The minimum Gasteiger partial charge on any atom is -0.390 e. The third-order valence-electron chi connectivity index (χ3n) is 25.1. The fraction of sp³-hybridized carbons (Fsp3) is 0.846. The molecule has 4 N–H and O–H groups in total. The van der Waals surface area contributed by atoms with E-state index in [9.17, 15) is 42.3 Å². The number of aliphatic hydroxyl groups excluding tert-OH is 1. The number of carbonyl (C=O) groups excluding carboxylic acids is 12. The summed E-state index contributed by atoms with van der Waals surface area (Å²) < 4.78 is 58.1. The summed E-state index contributed by atoms with van der Waals surface area (Å²) in [7, 11) is 11.3. The molecule has 2 heterocycles. The predicted octanol–water partition coefficient (Wildman–Crippen LogP) is 7.21. The topological polar surface area (TPSA) is 290 Å². The Morgan fingerprint density at radius 3 is 1.73 bits per heavy atom. The average Bonchev–Trinajstić information content (AvgIpc) is 1.40. The molecule has 7 aliphatic rings. The zero-order valence-electron chi connectivity index (χ0n) is 66.3. The number of hydrogen-bond acceptors (Lipinski definition) is 13. The maximum atomic E-state index is 16.0. The van der Waals surface area contributed by atoms with Crippen molar-refractivity contribution in [2.24, 2.45) is 41.4 Å². The Kier molecular flexibility index (Phi) is 33.0. The lowest BCUT2D eigenvalue weighted by atomic mass is 9.78. The van der Waals surface area contributed by atoms with E-state index < -0.39 is 198 Å². The molecule has 5 saturated carbocycles. The van der Waals surface area contributed by atoms with Crippen LogP contribution in [0.4, 0.5) is 17.6 Å². The quantitative estimate of drug-likeness (QED) is 0.105. The summed E-state index contributed by atoms with van der Waals surface area (Å²) in [6.45, 7) is 6.26. The Bertz CT molecular complexity index is 3110. The number of hydrogen-bond donors (Lipinski definition) is 4. The fourth-order valence-electron chi connectivity index (χ4n) is 17.9. The number of alkyl halides is 5. The second kappa shape index (κ2) is 40.2. The van der Waals surface area contributed by atoms with Crippen molar-refractivity contribution in [1.82, 2.24) is 60.0 Å². The van der Waals surface area contributed by atoms with E-state index in [1.807, 2.05) is 20.8 Å². The van der Waals surface area contributed by atoms with Crippen LogP contribution in [0.15, 0.2) is 0 Å². The summed E-state index contributed by atoms with van der Waals surface area (Å²) in [5, 5.41) is 18.1. The molecule has 2 aliphatic heterocycles. The van der Waals surface area contributed by atoms with Crippen molar-refractivity contribution in [3.63, 3.8) is 0 Å². The van der Waals surface area contributed by atoms with Crippen molar-refractivity contribution >= 4 is 82.5 Å². The molecule has 7 fully saturated rings. The van der Waals surface area contributed by atoms with Crippen LogP contribution < -0.4 is 16.0 Å². The Labute approximate surface area is 642 Å². The minimum absolute atomic E-state index is 0.00827. The lowest BCUT2D eigenvalue weighted by Crippen LogP contribution is -2.65. The van der Waals surface area contributed by atoms with E-state index >= 15 is 38.0 Å². The molecule has 1 spiro atoms. The first-order chi connectivity index (χ1) is 50.9. The summed E-state index contributed by atoms with van der Waals surface area (Å²) in [6.07, 6.45) is 2.94. The second-order valence-corrected chi connectivity index (χ2v) is 34.1. The lowest BCUT2D eigenvalue weighted by Gasteiger charge is -2.44. The number of likely N-dealkylation sites (tertiary alicyclic amines) is 1. The Morgan fingerprint density at radius 1 is 0.565 bits per heavy atom. The standard InChI is InChI=1S/C78H127ClF4N12O13/c1-13-49(4)67-74(106)89(7)46-65(99)87(5)47-66(100)91(9)60(42-50-25-17-14-18-26-50)72(104)88(6)45-63(97)84-57(33-30-51-29-32-54(55(79)40-51)78(81,82)83)71(103)92(10)59(43-52-31-34-62(96)56(80)41-52)70(102)86-77(35-21-22-36-77)76(108)94(12)68(53-27-19-15-20-28-53)75(107)93(11)61(73(105)95-37-23-16-24-38-95)44-64(98)90(8)58(39-48(2)3)69(101)85-67/h48-62,67-68,96H,13-47H2,1-12H3,(H,84,97)(H,85,101)(H,86,102)/t49-,51?,52?,54?,55?,56?,57-,58-,59-,60-,61-,62?,67-,68-/m0/s1. The van der Waals surface area contributed by atoms with Gasteiger partial charge >= 0.3 is 6.18 Å². The van der Waals surface area contributed by atoms with E-state index in [2.05, 4.69) is 16.0 Å². The monoisotopic (exact) mass is 1550 g/mol. The van der Waals surface area contributed by atoms with Crippen LogP contribution in [0.25, 0.3) is 0 Å². The van der Waals surface area contributed by atoms with Gasteiger partial charge in [0.2, 0.25) is 70.9 Å². The van der Waals surface area contributed by atoms with Gasteiger partial charge in [-0.2, -0.15) is 13.2 Å². The largest absolute Gasteiger partial charge is 0.393 e. The van der Waals surface area contributed by atoms with Crippen LogP contribution in [-0.4, -0.2) is 281 Å². The highest BCUT2D eigenvalue weighted by Gasteiger charge is 2.52. The number of piperidine rings is 1. The number of likely N-dealkylation sites (N-methyl/N-ethyl adjacent to an activating group) is 8. The molecule has 0 aromatic carbocycles. The third kappa shape index (κ3) is 23.1. The molecule has 5 aliphatic carbocycles. The molecule has 0 aromatic heterocycles. The number of nitrogens with one attached hydrogen (secondary N) is 3. The number of halogens is 5. The lowest BCUT2D eigenvalue weighted by molar-refractivity contribution is -0.182. The fourth-order valence-corrected chi connectivity index (χ4v) is 18.4. The minimum atomic E-state index is -4.56. The summed E-state index contributed by atoms with van der Waals surface area (Å²) in [4.78, 5) is 193. The highest BCUT2D eigenvalue weighted by atomic mass is 35.5. The molecule has 612 valence electrons. The number of carbonyl (C=O) groups is 12. The molecule has 14 atom stereocenters. The molecule has 12 amide bonds. The SMILES string of the molecule is CC[C@H](C)[C@@H]1NC(=O)[C@H](CC(C)C)N(C)C(=O)C[C@@H](C(=O)N2CCCCC2)N(C)C(=O)[C@H](C2CCCCC2)N(C)C(=O)C2(CCCC2)NC(=O)[C@H](CC2CCC(O)C(F)C2)N(C)C(=O)[C@H](CCC2CCC(C(F)(F)F)C(Cl)C2)NC(=O)CN(C)C(=O)[C@H](CC2CCCCC2)N(C)C(=O)CN(C)C(=O)CN(C)C1=O. The molecular weight excluding hydrogens is 1420 g/mol. The highest BCUT2D eigenvalue weighted by molar-refractivity contribution is 6.21. The molecule has 30 heteroatoms. The smallest absolute Gasteiger partial charge is 0.390 e. The first-order valence-electron chi connectivity index (χ1n) is 40.2. The van der Waals surface area contributed by atoms with Crippen molar-refractivity contribution in [3.8, 4) is 0 Å². The van der Waals surface area contributed by atoms with Crippen LogP contribution in [0.3, 0.4) is 0 Å². The van der Waals surface area contributed by atoms with E-state index in [4.69, 9.17) is 11.6 Å². The molecule has 7 rings (SSSR count). The van der Waals surface area contributed by atoms with Crippen molar-refractivity contribution in [2.75, 3.05) is 89.1 Å². The number of amides is 12. The first kappa shape index (κ1) is 88.8. The first-order valence-corrected chi connectivity index (χ1v) is 40.6. The van der Waals surface area contributed by atoms with Crippen LogP contribution in [0.2, 0.25) is 0 Å².